The minimum absolute atomic E-state index is 0.0740. The quantitative estimate of drug-likeness (QED) is 0.0261. The Bertz CT molecular complexity index is 1230. The predicted octanol–water partition coefficient (Wildman–Crippen LogP) is 21.0. The van der Waals surface area contributed by atoms with Crippen molar-refractivity contribution in [2.24, 2.45) is 0 Å². The van der Waals surface area contributed by atoms with E-state index in [1.807, 2.05) is 0 Å². The molecule has 1 unspecified atom stereocenters. The third-order valence-electron chi connectivity index (χ3n) is 13.8. The summed E-state index contributed by atoms with van der Waals surface area (Å²) in [5.74, 6) is -0.869. The fraction of sp³-hybridized carbons (Fsp3) is 0.831. The molecule has 0 radical (unpaired) electrons. The van der Waals surface area contributed by atoms with Crippen LogP contribution in [0.15, 0.2) is 48.6 Å². The molecule has 0 fully saturated rings. The van der Waals surface area contributed by atoms with Crippen LogP contribution in [0.3, 0.4) is 0 Å². The third-order valence-corrected chi connectivity index (χ3v) is 13.8. The van der Waals surface area contributed by atoms with E-state index >= 15 is 0 Å². The Morgan fingerprint density at radius 3 is 0.803 bits per heavy atom. The molecule has 1 atom stereocenters. The van der Waals surface area contributed by atoms with E-state index < -0.39 is 6.10 Å². The van der Waals surface area contributed by atoms with E-state index in [4.69, 9.17) is 14.2 Å². The molecule has 6 heteroatoms. The summed E-state index contributed by atoms with van der Waals surface area (Å²) >= 11 is 0. The lowest BCUT2D eigenvalue weighted by atomic mass is 10.0. The summed E-state index contributed by atoms with van der Waals surface area (Å²) in [4.78, 5) is 38.2. The normalized spacial score (nSPS) is 12.3. The highest BCUT2D eigenvalue weighted by atomic mass is 16.6. The SMILES string of the molecule is CCCCCCC/C=C\C/C=C\C/C=C\CCCCCCCCCCCCC(=O)OCC(COC(=O)CCCCCCCCCCCCCCC)OC(=O)CCCCCCC/C=C\CCCCCCCC. The van der Waals surface area contributed by atoms with Crippen LogP contribution in [0, 0.1) is 0 Å². The van der Waals surface area contributed by atoms with Crippen molar-refractivity contribution >= 4 is 17.9 Å². The topological polar surface area (TPSA) is 78.9 Å². The molecule has 0 aliphatic heterocycles. The minimum atomic E-state index is -0.777. The third kappa shape index (κ3) is 58.1. The van der Waals surface area contributed by atoms with E-state index in [-0.39, 0.29) is 31.1 Å². The molecule has 0 aromatic heterocycles. The van der Waals surface area contributed by atoms with Crippen LogP contribution in [0.5, 0.6) is 0 Å². The van der Waals surface area contributed by atoms with Gasteiger partial charge in [-0.1, -0.05) is 275 Å². The second kappa shape index (κ2) is 59.9. The zero-order valence-electron chi connectivity index (χ0n) is 47.5. The van der Waals surface area contributed by atoms with Gasteiger partial charge in [-0.2, -0.15) is 0 Å². The molecule has 0 bridgehead atoms. The van der Waals surface area contributed by atoms with Gasteiger partial charge in [0.15, 0.2) is 6.10 Å². The summed E-state index contributed by atoms with van der Waals surface area (Å²) in [6, 6.07) is 0. The lowest BCUT2D eigenvalue weighted by Crippen LogP contribution is -2.30. The van der Waals surface area contributed by atoms with Crippen LogP contribution in [0.2, 0.25) is 0 Å². The van der Waals surface area contributed by atoms with Gasteiger partial charge in [-0.25, -0.2) is 0 Å². The van der Waals surface area contributed by atoms with Gasteiger partial charge in [0.05, 0.1) is 0 Å². The first-order valence-corrected chi connectivity index (χ1v) is 31.1. The van der Waals surface area contributed by atoms with Gasteiger partial charge in [0.2, 0.25) is 0 Å². The van der Waals surface area contributed by atoms with Gasteiger partial charge in [-0.3, -0.25) is 14.4 Å². The van der Waals surface area contributed by atoms with Crippen LogP contribution in [0.1, 0.15) is 329 Å². The summed E-state index contributed by atoms with van der Waals surface area (Å²) in [5, 5.41) is 0. The van der Waals surface area contributed by atoms with Crippen LogP contribution in [-0.4, -0.2) is 37.2 Å². The summed E-state index contributed by atoms with van der Waals surface area (Å²) < 4.78 is 16.9. The molecular weight excluding hydrogens is 877 g/mol. The van der Waals surface area contributed by atoms with Crippen LogP contribution < -0.4 is 0 Å². The number of carbonyl (C=O) groups excluding carboxylic acids is 3. The smallest absolute Gasteiger partial charge is 0.306 e. The van der Waals surface area contributed by atoms with Gasteiger partial charge >= 0.3 is 17.9 Å². The van der Waals surface area contributed by atoms with E-state index in [2.05, 4.69) is 69.4 Å². The van der Waals surface area contributed by atoms with Crippen LogP contribution in [-0.2, 0) is 28.6 Å². The minimum Gasteiger partial charge on any atom is -0.462 e. The van der Waals surface area contributed by atoms with E-state index in [1.54, 1.807) is 0 Å². The monoisotopic (exact) mass is 995 g/mol. The van der Waals surface area contributed by atoms with Crippen molar-refractivity contribution in [3.63, 3.8) is 0 Å². The van der Waals surface area contributed by atoms with Gasteiger partial charge in [0, 0.05) is 19.3 Å². The molecule has 414 valence electrons. The first-order valence-electron chi connectivity index (χ1n) is 31.1. The molecule has 0 spiro atoms. The molecule has 0 amide bonds. The lowest BCUT2D eigenvalue weighted by Gasteiger charge is -2.18. The number of hydrogen-bond donors (Lipinski definition) is 0. The maximum Gasteiger partial charge on any atom is 0.306 e. The number of esters is 3. The average Bonchev–Trinajstić information content (AvgIpc) is 3.37. The Balaban J connectivity index is 4.28. The Hall–Kier alpha value is -2.63. The van der Waals surface area contributed by atoms with Crippen LogP contribution >= 0.6 is 0 Å². The Kier molecular flexibility index (Phi) is 57.7. The van der Waals surface area contributed by atoms with Gasteiger partial charge < -0.3 is 14.2 Å². The van der Waals surface area contributed by atoms with Crippen molar-refractivity contribution in [1.82, 2.24) is 0 Å². The molecule has 0 aromatic rings. The first-order chi connectivity index (χ1) is 35.0. The van der Waals surface area contributed by atoms with E-state index in [9.17, 15) is 14.4 Å². The van der Waals surface area contributed by atoms with Crippen molar-refractivity contribution in [3.8, 4) is 0 Å². The molecule has 0 rings (SSSR count). The molecular formula is C65H118O6. The van der Waals surface area contributed by atoms with E-state index in [0.717, 1.165) is 77.0 Å². The number of unbranched alkanes of at least 4 members (excludes halogenated alkanes) is 38. The molecule has 6 nitrogen and oxygen atoms in total. The highest BCUT2D eigenvalue weighted by Crippen LogP contribution is 2.16. The summed E-state index contributed by atoms with van der Waals surface area (Å²) in [5.41, 5.74) is 0. The predicted molar refractivity (Wildman–Crippen MR) is 307 cm³/mol. The molecule has 0 aliphatic rings. The molecule has 0 aliphatic carbocycles. The van der Waals surface area contributed by atoms with Crippen molar-refractivity contribution in [2.75, 3.05) is 13.2 Å². The van der Waals surface area contributed by atoms with Crippen molar-refractivity contribution in [2.45, 2.75) is 335 Å². The Morgan fingerprint density at radius 1 is 0.282 bits per heavy atom. The summed E-state index contributed by atoms with van der Waals surface area (Å²) in [6.07, 6.45) is 73.9. The molecule has 0 N–H and O–H groups in total. The van der Waals surface area contributed by atoms with E-state index in [0.29, 0.717) is 19.3 Å². The maximum absolute atomic E-state index is 12.9. The number of hydrogen-bond acceptors (Lipinski definition) is 6. The van der Waals surface area contributed by atoms with Gasteiger partial charge in [0.25, 0.3) is 0 Å². The summed E-state index contributed by atoms with van der Waals surface area (Å²) in [7, 11) is 0. The number of carbonyl (C=O) groups is 3. The molecule has 71 heavy (non-hydrogen) atoms. The van der Waals surface area contributed by atoms with Crippen molar-refractivity contribution in [1.29, 1.82) is 0 Å². The second-order valence-corrected chi connectivity index (χ2v) is 21.0. The second-order valence-electron chi connectivity index (χ2n) is 21.0. The number of ether oxygens (including phenoxy) is 3. The molecule has 0 saturated carbocycles. The maximum atomic E-state index is 12.9. The Labute approximate surface area is 441 Å². The van der Waals surface area contributed by atoms with Gasteiger partial charge in [-0.05, 0) is 83.5 Å². The van der Waals surface area contributed by atoms with Crippen molar-refractivity contribution < 1.29 is 28.6 Å². The van der Waals surface area contributed by atoms with Crippen LogP contribution in [0.25, 0.3) is 0 Å². The number of allylic oxidation sites excluding steroid dienone is 8. The highest BCUT2D eigenvalue weighted by molar-refractivity contribution is 5.71. The lowest BCUT2D eigenvalue weighted by molar-refractivity contribution is -0.167. The first kappa shape index (κ1) is 68.4. The summed E-state index contributed by atoms with van der Waals surface area (Å²) in [6.45, 7) is 6.65. The van der Waals surface area contributed by atoms with Crippen LogP contribution in [0.4, 0.5) is 0 Å². The molecule has 0 heterocycles. The van der Waals surface area contributed by atoms with Gasteiger partial charge in [0.1, 0.15) is 13.2 Å². The van der Waals surface area contributed by atoms with Gasteiger partial charge in [-0.15, -0.1) is 0 Å². The zero-order valence-corrected chi connectivity index (χ0v) is 47.5. The molecule has 0 aromatic carbocycles. The average molecular weight is 996 g/mol. The Morgan fingerprint density at radius 2 is 0.507 bits per heavy atom. The largest absolute Gasteiger partial charge is 0.462 e. The fourth-order valence-electron chi connectivity index (χ4n) is 9.09. The highest BCUT2D eigenvalue weighted by Gasteiger charge is 2.19. The molecule has 0 saturated heterocycles. The van der Waals surface area contributed by atoms with Crippen molar-refractivity contribution in [3.05, 3.63) is 48.6 Å². The fourth-order valence-corrected chi connectivity index (χ4v) is 9.09. The standard InChI is InChI=1S/C65H118O6/c1-4-7-10-13-16-19-22-25-27-28-29-30-31-32-33-34-35-36-38-40-43-46-49-52-55-58-64(67)70-61-62(60-69-63(66)57-54-51-48-45-42-39-24-21-18-15-12-9-6-3)71-65(68)59-56-53-50-47-44-41-37-26-23-20-17-14-11-8-5-2/h22,25-26,28-29,31-32,37,62H,4-21,23-24,27,30,33-36,38-61H2,1-3H3/b25-22-,29-28-,32-31-,37-26-. The zero-order chi connectivity index (χ0) is 51.4. The number of rotatable bonds is 57. The van der Waals surface area contributed by atoms with E-state index in [1.165, 1.54) is 212 Å².